The van der Waals surface area contributed by atoms with Crippen LogP contribution in [0.25, 0.3) is 21.7 Å². The van der Waals surface area contributed by atoms with Gasteiger partial charge in [-0.2, -0.15) is 0 Å². The molecule has 0 spiro atoms. The maximum atomic E-state index is 15.0. The van der Waals surface area contributed by atoms with Gasteiger partial charge in [-0.25, -0.2) is 4.39 Å². The van der Waals surface area contributed by atoms with E-state index in [1.165, 1.54) is 6.07 Å². The van der Waals surface area contributed by atoms with E-state index in [4.69, 9.17) is 9.15 Å². The summed E-state index contributed by atoms with van der Waals surface area (Å²) in [4.78, 5) is 31.2. The molecule has 1 aromatic heterocycles. The first-order valence-electron chi connectivity index (χ1n) is 11.5. The largest absolute Gasteiger partial charge is 0.450 e. The molecule has 1 saturated heterocycles. The molecule has 0 saturated carbocycles. The van der Waals surface area contributed by atoms with Crippen LogP contribution < -0.4 is 5.43 Å². The molecule has 172 valence electrons. The fourth-order valence-electron chi connectivity index (χ4n) is 5.07. The van der Waals surface area contributed by atoms with Crippen molar-refractivity contribution in [3.63, 3.8) is 0 Å². The second kappa shape index (κ2) is 8.34. The quantitative estimate of drug-likeness (QED) is 0.433. The first kappa shape index (κ1) is 21.0. The van der Waals surface area contributed by atoms with Crippen LogP contribution in [0, 0.1) is 5.82 Å². The molecule has 1 unspecified atom stereocenters. The van der Waals surface area contributed by atoms with Gasteiger partial charge in [0.1, 0.15) is 11.4 Å². The highest BCUT2D eigenvalue weighted by Gasteiger charge is 2.43. The molecule has 0 aliphatic carbocycles. The monoisotopic (exact) mass is 458 g/mol. The predicted molar refractivity (Wildman–Crippen MR) is 127 cm³/mol. The van der Waals surface area contributed by atoms with Crippen molar-refractivity contribution in [2.75, 3.05) is 39.4 Å². The van der Waals surface area contributed by atoms with Gasteiger partial charge in [0, 0.05) is 37.1 Å². The van der Waals surface area contributed by atoms with E-state index in [-0.39, 0.29) is 22.7 Å². The Morgan fingerprint density at radius 2 is 1.65 bits per heavy atom. The number of hydrogen-bond donors (Lipinski definition) is 0. The minimum Gasteiger partial charge on any atom is -0.450 e. The summed E-state index contributed by atoms with van der Waals surface area (Å²) in [6.45, 7) is 3.77. The van der Waals surface area contributed by atoms with Gasteiger partial charge in [-0.15, -0.1) is 0 Å². The van der Waals surface area contributed by atoms with Crippen molar-refractivity contribution in [3.05, 3.63) is 93.6 Å². The number of fused-ring (bicyclic) bond motifs is 4. The molecule has 3 heterocycles. The van der Waals surface area contributed by atoms with Crippen molar-refractivity contribution in [1.82, 2.24) is 9.80 Å². The van der Waals surface area contributed by atoms with E-state index in [1.54, 1.807) is 29.2 Å². The second-order valence-corrected chi connectivity index (χ2v) is 8.71. The Morgan fingerprint density at radius 3 is 2.47 bits per heavy atom. The number of nitrogens with zero attached hydrogens (tertiary/aromatic N) is 2. The van der Waals surface area contributed by atoms with Crippen molar-refractivity contribution < 1.29 is 18.3 Å². The van der Waals surface area contributed by atoms with Crippen molar-refractivity contribution >= 4 is 27.6 Å². The molecule has 0 N–H and O–H groups in total. The van der Waals surface area contributed by atoms with Gasteiger partial charge in [0.25, 0.3) is 5.91 Å². The highest BCUT2D eigenvalue weighted by atomic mass is 19.1. The maximum Gasteiger partial charge on any atom is 0.290 e. The highest BCUT2D eigenvalue weighted by molar-refractivity contribution is 6.06. The molecule has 6 nitrogen and oxygen atoms in total. The smallest absolute Gasteiger partial charge is 0.290 e. The number of morpholine rings is 1. The summed E-state index contributed by atoms with van der Waals surface area (Å²) in [5.74, 6) is -0.838. The molecule has 4 aromatic rings. The molecule has 34 heavy (non-hydrogen) atoms. The lowest BCUT2D eigenvalue weighted by Gasteiger charge is -2.31. The molecular weight excluding hydrogens is 435 g/mol. The number of halogens is 1. The van der Waals surface area contributed by atoms with Gasteiger partial charge in [-0.3, -0.25) is 14.5 Å². The van der Waals surface area contributed by atoms with Crippen LogP contribution in [0.15, 0.2) is 69.9 Å². The van der Waals surface area contributed by atoms with E-state index in [0.29, 0.717) is 42.8 Å². The summed E-state index contributed by atoms with van der Waals surface area (Å²) in [5, 5.41) is 2.07. The maximum absolute atomic E-state index is 15.0. The van der Waals surface area contributed by atoms with Crippen LogP contribution in [0.3, 0.4) is 0 Å². The Bertz CT molecular complexity index is 1480. The number of rotatable bonds is 4. The zero-order chi connectivity index (χ0) is 23.2. The Balaban J connectivity index is 1.52. The molecule has 0 radical (unpaired) electrons. The Labute approximate surface area is 195 Å². The first-order valence-corrected chi connectivity index (χ1v) is 11.5. The topological polar surface area (TPSA) is 63.0 Å². The number of hydrogen-bond acceptors (Lipinski definition) is 5. The third kappa shape index (κ3) is 3.31. The molecule has 1 atom stereocenters. The molecule has 6 rings (SSSR count). The fourth-order valence-corrected chi connectivity index (χ4v) is 5.07. The summed E-state index contributed by atoms with van der Waals surface area (Å²) in [5.41, 5.74) is 0.596. The first-order chi connectivity index (χ1) is 16.6. The van der Waals surface area contributed by atoms with E-state index < -0.39 is 11.9 Å². The summed E-state index contributed by atoms with van der Waals surface area (Å²) >= 11 is 0. The number of amides is 1. The SMILES string of the molecule is O=C1c2oc3c(ccc4ccccc43)c(=O)c2C(c2ccccc2F)N1CCN1CCOCC1. The fraction of sp³-hybridized carbons (Fsp3) is 0.259. The zero-order valence-corrected chi connectivity index (χ0v) is 18.5. The average Bonchev–Trinajstić information content (AvgIpc) is 3.15. The second-order valence-electron chi connectivity index (χ2n) is 8.71. The number of benzene rings is 3. The molecule has 1 amide bonds. The molecule has 0 bridgehead atoms. The van der Waals surface area contributed by atoms with Gasteiger partial charge >= 0.3 is 0 Å². The lowest BCUT2D eigenvalue weighted by Crippen LogP contribution is -2.42. The lowest BCUT2D eigenvalue weighted by molar-refractivity contribution is 0.0314. The van der Waals surface area contributed by atoms with Crippen LogP contribution in [-0.4, -0.2) is 55.1 Å². The van der Waals surface area contributed by atoms with Crippen LogP contribution in [0.4, 0.5) is 4.39 Å². The third-order valence-corrected chi connectivity index (χ3v) is 6.82. The van der Waals surface area contributed by atoms with Crippen LogP contribution >= 0.6 is 0 Å². The van der Waals surface area contributed by atoms with Crippen molar-refractivity contribution in [2.45, 2.75) is 6.04 Å². The Kier molecular flexibility index (Phi) is 5.16. The molecular formula is C27H23FN2O4. The van der Waals surface area contributed by atoms with E-state index in [9.17, 15) is 14.0 Å². The molecule has 2 aliphatic heterocycles. The van der Waals surface area contributed by atoms with Crippen LogP contribution in [0.5, 0.6) is 0 Å². The summed E-state index contributed by atoms with van der Waals surface area (Å²) in [6, 6.07) is 16.6. The average molecular weight is 458 g/mol. The van der Waals surface area contributed by atoms with E-state index in [0.717, 1.165) is 23.9 Å². The summed E-state index contributed by atoms with van der Waals surface area (Å²) < 4.78 is 26.6. The number of ether oxygens (including phenoxy) is 1. The number of carbonyl (C=O) groups is 1. The molecule has 1 fully saturated rings. The summed E-state index contributed by atoms with van der Waals surface area (Å²) in [7, 11) is 0. The molecule has 2 aliphatic rings. The summed E-state index contributed by atoms with van der Waals surface area (Å²) in [6.07, 6.45) is 0. The van der Waals surface area contributed by atoms with Gasteiger partial charge in [-0.1, -0.05) is 48.5 Å². The van der Waals surface area contributed by atoms with Gasteiger partial charge in [-0.05, 0) is 17.5 Å². The van der Waals surface area contributed by atoms with Gasteiger partial charge in [0.05, 0.1) is 30.2 Å². The van der Waals surface area contributed by atoms with Gasteiger partial charge in [0.2, 0.25) is 5.76 Å². The van der Waals surface area contributed by atoms with Crippen LogP contribution in [0.1, 0.15) is 27.7 Å². The van der Waals surface area contributed by atoms with Crippen LogP contribution in [0.2, 0.25) is 0 Å². The highest BCUT2D eigenvalue weighted by Crippen LogP contribution is 2.39. The van der Waals surface area contributed by atoms with Crippen LogP contribution in [-0.2, 0) is 4.74 Å². The van der Waals surface area contributed by atoms with Crippen molar-refractivity contribution in [1.29, 1.82) is 0 Å². The molecule has 3 aromatic carbocycles. The predicted octanol–water partition coefficient (Wildman–Crippen LogP) is 3.96. The Hall–Kier alpha value is -3.55. The third-order valence-electron chi connectivity index (χ3n) is 6.82. The minimum absolute atomic E-state index is 0.00378. The minimum atomic E-state index is -0.836. The van der Waals surface area contributed by atoms with Gasteiger partial charge in [0.15, 0.2) is 5.43 Å². The number of carbonyl (C=O) groups excluding carboxylic acids is 1. The zero-order valence-electron chi connectivity index (χ0n) is 18.5. The van der Waals surface area contributed by atoms with Gasteiger partial charge < -0.3 is 14.1 Å². The normalized spacial score (nSPS) is 18.7. The van der Waals surface area contributed by atoms with Crippen molar-refractivity contribution in [2.24, 2.45) is 0 Å². The Morgan fingerprint density at radius 1 is 0.882 bits per heavy atom. The van der Waals surface area contributed by atoms with E-state index in [2.05, 4.69) is 4.90 Å². The van der Waals surface area contributed by atoms with E-state index in [1.807, 2.05) is 30.3 Å². The van der Waals surface area contributed by atoms with E-state index >= 15 is 0 Å². The molecule has 7 heteroatoms. The lowest BCUT2D eigenvalue weighted by atomic mass is 9.97. The standard InChI is InChI=1S/C27H23FN2O4/c28-21-8-4-3-7-19(21)23-22-24(31)20-10-9-17-5-1-2-6-18(17)25(20)34-26(22)27(32)30(23)12-11-29-13-15-33-16-14-29/h1-10,23H,11-16H2. The van der Waals surface area contributed by atoms with Crippen molar-refractivity contribution in [3.8, 4) is 0 Å².